The zero-order valence-electron chi connectivity index (χ0n) is 11.9. The van der Waals surface area contributed by atoms with E-state index in [2.05, 4.69) is 11.1 Å². The fourth-order valence-corrected chi connectivity index (χ4v) is 3.54. The maximum atomic E-state index is 12.3. The van der Waals surface area contributed by atoms with Crippen molar-refractivity contribution in [1.82, 2.24) is 14.8 Å². The number of benzene rings is 1. The van der Waals surface area contributed by atoms with Gasteiger partial charge < -0.3 is 14.8 Å². The van der Waals surface area contributed by atoms with E-state index >= 15 is 0 Å². The Morgan fingerprint density at radius 2 is 1.95 bits per heavy atom. The molecule has 0 aliphatic carbocycles. The second-order valence-electron chi connectivity index (χ2n) is 5.99. The number of nitrogens with one attached hydrogen (secondary N) is 1. The summed E-state index contributed by atoms with van der Waals surface area (Å²) in [5.41, 5.74) is 3.39. The second-order valence-corrected chi connectivity index (χ2v) is 5.99. The smallest absolute Gasteiger partial charge is 0.242 e. The normalized spacial score (nSPS) is 22.2. The molecule has 5 nitrogen and oxygen atoms in total. The van der Waals surface area contributed by atoms with E-state index in [9.17, 15) is 9.59 Å². The second kappa shape index (κ2) is 4.35. The van der Waals surface area contributed by atoms with Crippen LogP contribution in [0.5, 0.6) is 0 Å². The van der Waals surface area contributed by atoms with Gasteiger partial charge in [-0.2, -0.15) is 0 Å². The van der Waals surface area contributed by atoms with Crippen LogP contribution in [0.15, 0.2) is 24.3 Å². The third-order valence-electron chi connectivity index (χ3n) is 4.60. The quantitative estimate of drug-likeness (QED) is 0.795. The van der Waals surface area contributed by atoms with Crippen LogP contribution in [0.3, 0.4) is 0 Å². The van der Waals surface area contributed by atoms with Crippen LogP contribution in [0.25, 0.3) is 10.9 Å². The van der Waals surface area contributed by atoms with Crippen LogP contribution in [0.4, 0.5) is 0 Å². The molecule has 2 bridgehead atoms. The average Bonchev–Trinajstić information content (AvgIpc) is 2.84. The Labute approximate surface area is 122 Å². The molecule has 21 heavy (non-hydrogen) atoms. The van der Waals surface area contributed by atoms with Crippen molar-refractivity contribution in [3.63, 3.8) is 0 Å². The minimum atomic E-state index is 0.0276. The molecule has 1 atom stereocenters. The van der Waals surface area contributed by atoms with Crippen LogP contribution >= 0.6 is 0 Å². The number of fused-ring (bicyclic) bond motifs is 6. The van der Waals surface area contributed by atoms with E-state index in [-0.39, 0.29) is 24.3 Å². The molecule has 3 heterocycles. The molecule has 1 saturated heterocycles. The summed E-state index contributed by atoms with van der Waals surface area (Å²) in [5, 5.41) is 1.18. The fraction of sp³-hybridized carbons (Fsp3) is 0.375. The first-order chi connectivity index (χ1) is 10.1. The first-order valence-electron chi connectivity index (χ1n) is 7.24. The van der Waals surface area contributed by atoms with Gasteiger partial charge in [0, 0.05) is 42.5 Å². The van der Waals surface area contributed by atoms with Crippen LogP contribution in [-0.4, -0.2) is 46.7 Å². The third kappa shape index (κ3) is 1.84. The van der Waals surface area contributed by atoms with E-state index in [0.717, 1.165) is 11.2 Å². The Kier molecular flexibility index (Phi) is 2.58. The number of H-pyrrole nitrogens is 1. The van der Waals surface area contributed by atoms with Crippen molar-refractivity contribution in [2.45, 2.75) is 18.9 Å². The molecule has 1 N–H and O–H groups in total. The van der Waals surface area contributed by atoms with Crippen molar-refractivity contribution in [2.75, 3.05) is 20.1 Å². The van der Waals surface area contributed by atoms with E-state index in [0.29, 0.717) is 19.5 Å². The summed E-state index contributed by atoms with van der Waals surface area (Å²) in [5.74, 6) is 0.162. The summed E-state index contributed by atoms with van der Waals surface area (Å²) in [6, 6.07) is 8.16. The van der Waals surface area contributed by atoms with Gasteiger partial charge in [-0.15, -0.1) is 0 Å². The number of hydrogen-bond donors (Lipinski definition) is 1. The Hall–Kier alpha value is -2.30. The highest BCUT2D eigenvalue weighted by Gasteiger charge is 2.35. The zero-order chi connectivity index (χ0) is 14.6. The standard InChI is InChI=1S/C16H17N3O2/c1-18-9-15(21)19-7-10(6-14(18)20)16-11-4-2-3-5-12(11)17-13(16)8-19/h2-5,10,17H,6-9H2,1H3. The molecule has 0 radical (unpaired) electrons. The molecular weight excluding hydrogens is 266 g/mol. The van der Waals surface area contributed by atoms with Gasteiger partial charge in [-0.3, -0.25) is 9.59 Å². The lowest BCUT2D eigenvalue weighted by atomic mass is 9.88. The van der Waals surface area contributed by atoms with E-state index in [1.807, 2.05) is 23.1 Å². The fourth-order valence-electron chi connectivity index (χ4n) is 3.54. The van der Waals surface area contributed by atoms with E-state index in [1.165, 1.54) is 10.9 Å². The maximum Gasteiger partial charge on any atom is 0.242 e. The largest absolute Gasteiger partial charge is 0.357 e. The predicted molar refractivity (Wildman–Crippen MR) is 78.7 cm³/mol. The zero-order valence-corrected chi connectivity index (χ0v) is 11.9. The number of amides is 2. The molecule has 5 heteroatoms. The molecule has 2 aromatic rings. The number of aromatic amines is 1. The highest BCUT2D eigenvalue weighted by molar-refractivity contribution is 5.90. The maximum absolute atomic E-state index is 12.3. The molecule has 4 rings (SSSR count). The van der Waals surface area contributed by atoms with Crippen molar-refractivity contribution >= 4 is 22.7 Å². The molecule has 0 saturated carbocycles. The number of aromatic nitrogens is 1. The van der Waals surface area contributed by atoms with Gasteiger partial charge in [0.25, 0.3) is 0 Å². The number of rotatable bonds is 0. The number of nitrogens with zero attached hydrogens (tertiary/aromatic N) is 2. The minimum absolute atomic E-state index is 0.0276. The number of hydrogen-bond acceptors (Lipinski definition) is 2. The molecule has 1 aromatic carbocycles. The topological polar surface area (TPSA) is 56.4 Å². The Morgan fingerprint density at radius 1 is 1.14 bits per heavy atom. The summed E-state index contributed by atoms with van der Waals surface area (Å²) >= 11 is 0. The SMILES string of the molecule is CN1CC(=O)N2Cc3[nH]c4ccccc4c3C(CC1=O)C2. The predicted octanol–water partition coefficient (Wildman–Crippen LogP) is 1.46. The molecule has 2 amide bonds. The van der Waals surface area contributed by atoms with Crippen molar-refractivity contribution in [1.29, 1.82) is 0 Å². The van der Waals surface area contributed by atoms with E-state index in [4.69, 9.17) is 0 Å². The van der Waals surface area contributed by atoms with Gasteiger partial charge in [-0.25, -0.2) is 0 Å². The van der Waals surface area contributed by atoms with Crippen molar-refractivity contribution < 1.29 is 9.59 Å². The monoisotopic (exact) mass is 283 g/mol. The summed E-state index contributed by atoms with van der Waals surface area (Å²) in [7, 11) is 1.71. The van der Waals surface area contributed by atoms with Crippen LogP contribution in [0, 0.1) is 0 Å². The van der Waals surface area contributed by atoms with Gasteiger partial charge in [0.1, 0.15) is 0 Å². The number of carbonyl (C=O) groups is 2. The Balaban J connectivity index is 1.87. The van der Waals surface area contributed by atoms with Gasteiger partial charge in [0.05, 0.1) is 13.1 Å². The molecular formula is C16H17N3O2. The molecule has 1 unspecified atom stereocenters. The van der Waals surface area contributed by atoms with Gasteiger partial charge in [-0.05, 0) is 11.6 Å². The van der Waals surface area contributed by atoms with E-state index < -0.39 is 0 Å². The molecule has 2 aliphatic heterocycles. The first-order valence-corrected chi connectivity index (χ1v) is 7.24. The lowest BCUT2D eigenvalue weighted by Gasteiger charge is -2.37. The summed E-state index contributed by atoms with van der Waals surface area (Å²) < 4.78 is 0. The van der Waals surface area contributed by atoms with Crippen molar-refractivity contribution in [3.8, 4) is 0 Å². The van der Waals surface area contributed by atoms with Crippen molar-refractivity contribution in [3.05, 3.63) is 35.5 Å². The molecule has 1 aromatic heterocycles. The van der Waals surface area contributed by atoms with Crippen molar-refractivity contribution in [2.24, 2.45) is 0 Å². The van der Waals surface area contributed by atoms with Gasteiger partial charge in [-0.1, -0.05) is 18.2 Å². The summed E-state index contributed by atoms with van der Waals surface area (Å²) in [6.07, 6.45) is 0.467. The van der Waals surface area contributed by atoms with Gasteiger partial charge >= 0.3 is 0 Å². The lowest BCUT2D eigenvalue weighted by molar-refractivity contribution is -0.143. The lowest BCUT2D eigenvalue weighted by Crippen LogP contribution is -2.48. The minimum Gasteiger partial charge on any atom is -0.357 e. The molecule has 108 valence electrons. The molecule has 0 spiro atoms. The molecule has 1 fully saturated rings. The van der Waals surface area contributed by atoms with Crippen LogP contribution in [-0.2, 0) is 16.1 Å². The third-order valence-corrected chi connectivity index (χ3v) is 4.60. The Bertz CT molecular complexity index is 749. The number of carbonyl (C=O) groups excluding carboxylic acids is 2. The van der Waals surface area contributed by atoms with Crippen LogP contribution in [0.2, 0.25) is 0 Å². The van der Waals surface area contributed by atoms with Crippen LogP contribution < -0.4 is 0 Å². The summed E-state index contributed by atoms with van der Waals surface area (Å²) in [6.45, 7) is 1.44. The van der Waals surface area contributed by atoms with Gasteiger partial charge in [0.2, 0.25) is 11.8 Å². The summed E-state index contributed by atoms with van der Waals surface area (Å²) in [4.78, 5) is 31.3. The first kappa shape index (κ1) is 12.4. The highest BCUT2D eigenvalue weighted by Crippen LogP contribution is 2.37. The average molecular weight is 283 g/mol. The molecule has 2 aliphatic rings. The van der Waals surface area contributed by atoms with Crippen LogP contribution in [0.1, 0.15) is 23.6 Å². The number of para-hydroxylation sites is 1. The highest BCUT2D eigenvalue weighted by atomic mass is 16.2. The van der Waals surface area contributed by atoms with E-state index in [1.54, 1.807) is 11.9 Å². The number of likely N-dealkylation sites (N-methyl/N-ethyl adjacent to an activating group) is 1. The van der Waals surface area contributed by atoms with Gasteiger partial charge in [0.15, 0.2) is 0 Å². The Morgan fingerprint density at radius 3 is 2.81 bits per heavy atom.